The van der Waals surface area contributed by atoms with Crippen molar-refractivity contribution in [2.45, 2.75) is 96.6 Å². The lowest BCUT2D eigenvalue weighted by Gasteiger charge is -2.17. The maximum atomic E-state index is 12.2. The molecule has 2 N–H and O–H groups in total. The molecule has 26 heavy (non-hydrogen) atoms. The summed E-state index contributed by atoms with van der Waals surface area (Å²) in [5.41, 5.74) is 1.89. The van der Waals surface area contributed by atoms with Gasteiger partial charge in [-0.2, -0.15) is 0 Å². The number of hydrogen-bond acceptors (Lipinski definition) is 4. The summed E-state index contributed by atoms with van der Waals surface area (Å²) >= 11 is 0. The van der Waals surface area contributed by atoms with E-state index in [-0.39, 0.29) is 11.9 Å². The second-order valence-corrected chi connectivity index (χ2v) is 8.64. The van der Waals surface area contributed by atoms with Gasteiger partial charge < -0.3 is 14.9 Å². The fourth-order valence-electron chi connectivity index (χ4n) is 3.50. The van der Waals surface area contributed by atoms with Gasteiger partial charge in [-0.05, 0) is 78.4 Å². The van der Waals surface area contributed by atoms with E-state index in [1.807, 2.05) is 13.8 Å². The standard InChI is InChI=1S/C22H34O4/c1-15(10-7-12-21(4,5)25)8-6-9-16(2)11-13-22-18(23)14-17(3)19(24)20(22)26-22/h8,11,14,19-20,24-25H,6-7,9-10,12-13H2,1-5H3/b15-8+,16-11+. The summed E-state index contributed by atoms with van der Waals surface area (Å²) in [6.45, 7) is 9.69. The number of hydrogen-bond donors (Lipinski definition) is 2. The van der Waals surface area contributed by atoms with Gasteiger partial charge in [0.25, 0.3) is 0 Å². The summed E-state index contributed by atoms with van der Waals surface area (Å²) in [7, 11) is 0. The molecule has 0 saturated carbocycles. The van der Waals surface area contributed by atoms with Crippen molar-refractivity contribution < 1.29 is 19.7 Å². The van der Waals surface area contributed by atoms with E-state index in [4.69, 9.17) is 4.74 Å². The average molecular weight is 363 g/mol. The zero-order chi connectivity index (χ0) is 19.5. The Bertz CT molecular complexity index is 621. The van der Waals surface area contributed by atoms with Crippen LogP contribution in [0.3, 0.4) is 0 Å². The van der Waals surface area contributed by atoms with Crippen LogP contribution < -0.4 is 0 Å². The molecule has 0 aromatic carbocycles. The minimum Gasteiger partial charge on any atom is -0.390 e. The zero-order valence-corrected chi connectivity index (χ0v) is 16.8. The minimum absolute atomic E-state index is 0.0168. The second-order valence-electron chi connectivity index (χ2n) is 8.64. The summed E-state index contributed by atoms with van der Waals surface area (Å²) in [6.07, 6.45) is 10.1. The van der Waals surface area contributed by atoms with Crippen LogP contribution in [0.2, 0.25) is 0 Å². The average Bonchev–Trinajstić information content (AvgIpc) is 3.26. The maximum absolute atomic E-state index is 12.2. The highest BCUT2D eigenvalue weighted by atomic mass is 16.6. The second kappa shape index (κ2) is 8.20. The molecule has 2 rings (SSSR count). The molecular formula is C22H34O4. The summed E-state index contributed by atoms with van der Waals surface area (Å²) < 4.78 is 5.60. The highest BCUT2D eigenvalue weighted by molar-refractivity contribution is 6.02. The molecule has 3 unspecified atom stereocenters. The van der Waals surface area contributed by atoms with Crippen LogP contribution in [0.25, 0.3) is 0 Å². The largest absolute Gasteiger partial charge is 0.390 e. The summed E-state index contributed by atoms with van der Waals surface area (Å²) in [4.78, 5) is 12.2. The third-order valence-corrected chi connectivity index (χ3v) is 5.41. The number of rotatable bonds is 9. The predicted molar refractivity (Wildman–Crippen MR) is 104 cm³/mol. The number of carbonyl (C=O) groups is 1. The lowest BCUT2D eigenvalue weighted by atomic mass is 9.84. The number of ketones is 1. The van der Waals surface area contributed by atoms with Crippen molar-refractivity contribution in [2.24, 2.45) is 0 Å². The van der Waals surface area contributed by atoms with E-state index >= 15 is 0 Å². The Morgan fingerprint density at radius 1 is 1.27 bits per heavy atom. The van der Waals surface area contributed by atoms with E-state index < -0.39 is 17.3 Å². The fourth-order valence-corrected chi connectivity index (χ4v) is 3.50. The lowest BCUT2D eigenvalue weighted by molar-refractivity contribution is -0.119. The third-order valence-electron chi connectivity index (χ3n) is 5.41. The Morgan fingerprint density at radius 2 is 1.92 bits per heavy atom. The number of carbonyl (C=O) groups excluding carboxylic acids is 1. The molecule has 3 atom stereocenters. The molecule has 2 aliphatic rings. The predicted octanol–water partition coefficient (Wildman–Crippen LogP) is 4.02. The first-order valence-electron chi connectivity index (χ1n) is 9.67. The Morgan fingerprint density at radius 3 is 2.58 bits per heavy atom. The third kappa shape index (κ3) is 5.38. The summed E-state index contributed by atoms with van der Waals surface area (Å²) in [5, 5.41) is 19.8. The van der Waals surface area contributed by atoms with Crippen LogP contribution in [0.5, 0.6) is 0 Å². The van der Waals surface area contributed by atoms with Crippen LogP contribution in [-0.4, -0.2) is 39.4 Å². The molecule has 0 aromatic rings. The van der Waals surface area contributed by atoms with Crippen molar-refractivity contribution in [3.05, 3.63) is 34.9 Å². The van der Waals surface area contributed by atoms with Crippen LogP contribution in [-0.2, 0) is 9.53 Å². The van der Waals surface area contributed by atoms with E-state index in [1.54, 1.807) is 6.92 Å². The molecule has 4 nitrogen and oxygen atoms in total. The number of ether oxygens (including phenoxy) is 1. The Balaban J connectivity index is 1.76. The Kier molecular flexibility index (Phi) is 6.65. The van der Waals surface area contributed by atoms with Gasteiger partial charge in [-0.25, -0.2) is 0 Å². The fraction of sp³-hybridized carbons (Fsp3) is 0.682. The van der Waals surface area contributed by atoms with Crippen molar-refractivity contribution in [1.82, 2.24) is 0 Å². The smallest absolute Gasteiger partial charge is 0.190 e. The van der Waals surface area contributed by atoms with Gasteiger partial charge in [0.2, 0.25) is 0 Å². The van der Waals surface area contributed by atoms with E-state index in [9.17, 15) is 15.0 Å². The van der Waals surface area contributed by atoms with Crippen LogP contribution in [0.15, 0.2) is 34.9 Å². The van der Waals surface area contributed by atoms with Crippen molar-refractivity contribution in [2.75, 3.05) is 0 Å². The first-order chi connectivity index (χ1) is 12.0. The number of allylic oxidation sites excluding steroid dienone is 3. The Labute approximate surface area is 157 Å². The van der Waals surface area contributed by atoms with Crippen LogP contribution in [0.1, 0.15) is 73.1 Å². The topological polar surface area (TPSA) is 70.1 Å². The molecule has 0 spiro atoms. The first-order valence-corrected chi connectivity index (χ1v) is 9.67. The van der Waals surface area contributed by atoms with Crippen LogP contribution >= 0.6 is 0 Å². The van der Waals surface area contributed by atoms with Gasteiger partial charge in [0.05, 0.1) is 5.60 Å². The molecule has 1 fully saturated rings. The van der Waals surface area contributed by atoms with Gasteiger partial charge in [0, 0.05) is 6.42 Å². The summed E-state index contributed by atoms with van der Waals surface area (Å²) in [6, 6.07) is 0. The van der Waals surface area contributed by atoms with Crippen LogP contribution in [0, 0.1) is 0 Å². The van der Waals surface area contributed by atoms with Crippen molar-refractivity contribution in [1.29, 1.82) is 0 Å². The molecule has 1 aliphatic heterocycles. The maximum Gasteiger partial charge on any atom is 0.190 e. The van der Waals surface area contributed by atoms with Crippen molar-refractivity contribution in [3.63, 3.8) is 0 Å². The van der Waals surface area contributed by atoms with Gasteiger partial charge in [0.15, 0.2) is 11.4 Å². The van der Waals surface area contributed by atoms with E-state index in [2.05, 4.69) is 26.0 Å². The van der Waals surface area contributed by atoms with E-state index in [0.29, 0.717) is 12.0 Å². The van der Waals surface area contributed by atoms with Crippen LogP contribution in [0.4, 0.5) is 0 Å². The number of aliphatic hydroxyl groups excluding tert-OH is 1. The van der Waals surface area contributed by atoms with Crippen molar-refractivity contribution in [3.8, 4) is 0 Å². The molecule has 1 heterocycles. The van der Waals surface area contributed by atoms with Gasteiger partial charge in [-0.3, -0.25) is 4.79 Å². The monoisotopic (exact) mass is 362 g/mol. The number of aliphatic hydroxyl groups is 2. The van der Waals surface area contributed by atoms with Gasteiger partial charge in [-0.15, -0.1) is 0 Å². The molecule has 1 saturated heterocycles. The van der Waals surface area contributed by atoms with Crippen molar-refractivity contribution >= 4 is 5.78 Å². The molecular weight excluding hydrogens is 328 g/mol. The highest BCUT2D eigenvalue weighted by Crippen LogP contribution is 2.48. The molecule has 0 bridgehead atoms. The molecule has 1 aliphatic carbocycles. The highest BCUT2D eigenvalue weighted by Gasteiger charge is 2.65. The molecule has 4 heteroatoms. The van der Waals surface area contributed by atoms with Gasteiger partial charge >= 0.3 is 0 Å². The van der Waals surface area contributed by atoms with Gasteiger partial charge in [-0.1, -0.05) is 23.3 Å². The molecule has 146 valence electrons. The SMILES string of the molecule is CC1=CC(=O)C2(C/C=C(\C)CC/C=C(\C)CCCC(C)(C)O)OC2C1O. The molecule has 0 amide bonds. The number of epoxide rings is 1. The lowest BCUT2D eigenvalue weighted by Crippen LogP contribution is -2.36. The van der Waals surface area contributed by atoms with E-state index in [1.165, 1.54) is 17.2 Å². The number of fused-ring (bicyclic) bond motifs is 1. The minimum atomic E-state index is -0.816. The molecule has 0 radical (unpaired) electrons. The normalized spacial score (nSPS) is 29.5. The quantitative estimate of drug-likeness (QED) is 0.480. The van der Waals surface area contributed by atoms with E-state index in [0.717, 1.165) is 32.1 Å². The van der Waals surface area contributed by atoms with Gasteiger partial charge in [0.1, 0.15) is 12.2 Å². The zero-order valence-electron chi connectivity index (χ0n) is 16.8. The molecule has 0 aromatic heterocycles. The Hall–Kier alpha value is -1.23. The summed E-state index contributed by atoms with van der Waals surface area (Å²) in [5.74, 6) is -0.0168. The first kappa shape index (κ1) is 21.1.